The maximum atomic E-state index is 13.5. The van der Waals surface area contributed by atoms with Gasteiger partial charge in [-0.3, -0.25) is 4.79 Å². The molecule has 4 rings (SSSR count). The first-order valence-electron chi connectivity index (χ1n) is 10.1. The highest BCUT2D eigenvalue weighted by molar-refractivity contribution is 8.00. The number of fused-ring (bicyclic) bond motifs is 1. The second-order valence-corrected chi connectivity index (χ2v) is 8.33. The molecule has 1 aromatic heterocycles. The Bertz CT molecular complexity index is 1020. The van der Waals surface area contributed by atoms with Gasteiger partial charge in [0.15, 0.2) is 5.82 Å². The van der Waals surface area contributed by atoms with Crippen LogP contribution in [0.5, 0.6) is 0 Å². The molecule has 0 radical (unpaired) electrons. The summed E-state index contributed by atoms with van der Waals surface area (Å²) in [6.45, 7) is 4.17. The van der Waals surface area contributed by atoms with Crippen LogP contribution in [0.3, 0.4) is 0 Å². The standard InChI is InChI=1S/C22H24FN5OS/c1-3-5-18-25-26-22-28(18)27-19(15-8-10-16(23)11-9-15)20(30-22)21(29)24-17-12-6-14(4-2)7-13-17/h6-13,19-20,27H,3-5H2,1-2H3,(H,24,29)/t19-,20+/m1/s1. The van der Waals surface area contributed by atoms with E-state index >= 15 is 0 Å². The molecular formula is C22H24FN5OS. The maximum Gasteiger partial charge on any atom is 0.240 e. The van der Waals surface area contributed by atoms with E-state index in [1.54, 1.807) is 12.1 Å². The number of hydrogen-bond acceptors (Lipinski definition) is 5. The highest BCUT2D eigenvalue weighted by Gasteiger charge is 2.37. The van der Waals surface area contributed by atoms with Crippen molar-refractivity contribution >= 4 is 23.4 Å². The molecule has 2 aromatic carbocycles. The number of nitrogens with one attached hydrogen (secondary N) is 2. The molecule has 0 saturated carbocycles. The summed E-state index contributed by atoms with van der Waals surface area (Å²) in [5.74, 6) is 0.370. The molecule has 0 unspecified atom stereocenters. The zero-order chi connectivity index (χ0) is 21.1. The van der Waals surface area contributed by atoms with Gasteiger partial charge in [-0.05, 0) is 48.2 Å². The first-order chi connectivity index (χ1) is 14.6. The molecule has 0 aliphatic carbocycles. The maximum absolute atomic E-state index is 13.5. The number of thioether (sulfide) groups is 1. The van der Waals surface area contributed by atoms with Gasteiger partial charge >= 0.3 is 0 Å². The number of carbonyl (C=O) groups excluding carboxylic acids is 1. The number of aromatic nitrogens is 3. The Balaban J connectivity index is 1.63. The Kier molecular flexibility index (Phi) is 6.03. The first kappa shape index (κ1) is 20.4. The lowest BCUT2D eigenvalue weighted by atomic mass is 10.0. The number of nitrogens with zero attached hydrogens (tertiary/aromatic N) is 3. The van der Waals surface area contributed by atoms with E-state index in [2.05, 4.69) is 34.8 Å². The highest BCUT2D eigenvalue weighted by atomic mass is 32.2. The van der Waals surface area contributed by atoms with Gasteiger partial charge in [0.2, 0.25) is 11.1 Å². The summed E-state index contributed by atoms with van der Waals surface area (Å²) < 4.78 is 15.3. The smallest absolute Gasteiger partial charge is 0.240 e. The van der Waals surface area contributed by atoms with Crippen molar-refractivity contribution in [2.24, 2.45) is 0 Å². The fraction of sp³-hybridized carbons (Fsp3) is 0.318. The van der Waals surface area contributed by atoms with E-state index in [0.717, 1.165) is 36.3 Å². The predicted molar refractivity (Wildman–Crippen MR) is 117 cm³/mol. The number of carbonyl (C=O) groups is 1. The van der Waals surface area contributed by atoms with Gasteiger partial charge in [0, 0.05) is 12.1 Å². The Morgan fingerprint density at radius 2 is 1.87 bits per heavy atom. The van der Waals surface area contributed by atoms with Crippen molar-refractivity contribution in [3.05, 3.63) is 71.3 Å². The first-order valence-corrected chi connectivity index (χ1v) is 11.0. The lowest BCUT2D eigenvalue weighted by Crippen LogP contribution is -2.41. The summed E-state index contributed by atoms with van der Waals surface area (Å²) in [4.78, 5) is 13.2. The Morgan fingerprint density at radius 1 is 1.13 bits per heavy atom. The van der Waals surface area contributed by atoms with Crippen molar-refractivity contribution in [3.63, 3.8) is 0 Å². The Morgan fingerprint density at radius 3 is 2.53 bits per heavy atom. The van der Waals surface area contributed by atoms with Gasteiger partial charge in [0.1, 0.15) is 11.1 Å². The molecule has 6 nitrogen and oxygen atoms in total. The monoisotopic (exact) mass is 425 g/mol. The summed E-state index contributed by atoms with van der Waals surface area (Å²) in [7, 11) is 0. The van der Waals surface area contributed by atoms with Crippen LogP contribution in [0.2, 0.25) is 0 Å². The lowest BCUT2D eigenvalue weighted by molar-refractivity contribution is -0.116. The van der Waals surface area contributed by atoms with Crippen molar-refractivity contribution in [2.75, 3.05) is 10.7 Å². The zero-order valence-electron chi connectivity index (χ0n) is 16.9. The lowest BCUT2D eigenvalue weighted by Gasteiger charge is -2.33. The second kappa shape index (κ2) is 8.87. The van der Waals surface area contributed by atoms with E-state index in [9.17, 15) is 9.18 Å². The number of anilines is 1. The van der Waals surface area contributed by atoms with E-state index in [0.29, 0.717) is 5.16 Å². The molecule has 30 heavy (non-hydrogen) atoms. The molecule has 2 N–H and O–H groups in total. The molecule has 3 aromatic rings. The topological polar surface area (TPSA) is 71.8 Å². The second-order valence-electron chi connectivity index (χ2n) is 7.22. The average molecular weight is 426 g/mol. The van der Waals surface area contributed by atoms with Crippen LogP contribution >= 0.6 is 11.8 Å². The van der Waals surface area contributed by atoms with E-state index in [1.165, 1.54) is 29.5 Å². The molecule has 0 fully saturated rings. The van der Waals surface area contributed by atoms with Gasteiger partial charge in [0.05, 0.1) is 6.04 Å². The quantitative estimate of drug-likeness (QED) is 0.615. The van der Waals surface area contributed by atoms with Crippen LogP contribution < -0.4 is 10.7 Å². The molecule has 156 valence electrons. The SMILES string of the molecule is CCCc1nnc2n1N[C@H](c1ccc(F)cc1)[C@@H](C(=O)Nc1ccc(CC)cc1)S2. The molecule has 2 heterocycles. The van der Waals surface area contributed by atoms with E-state index < -0.39 is 5.25 Å². The molecule has 1 amide bonds. The Labute approximate surface area is 179 Å². The molecule has 0 saturated heterocycles. The van der Waals surface area contributed by atoms with Gasteiger partial charge in [-0.2, -0.15) is 0 Å². The van der Waals surface area contributed by atoms with Crippen molar-refractivity contribution < 1.29 is 9.18 Å². The third-order valence-corrected chi connectivity index (χ3v) is 6.31. The number of amides is 1. The van der Waals surface area contributed by atoms with Crippen molar-refractivity contribution in [2.45, 2.75) is 49.6 Å². The molecule has 0 bridgehead atoms. The highest BCUT2D eigenvalue weighted by Crippen LogP contribution is 2.37. The predicted octanol–water partition coefficient (Wildman–Crippen LogP) is 4.33. The number of aryl methyl sites for hydroxylation is 2. The molecule has 2 atom stereocenters. The average Bonchev–Trinajstić information content (AvgIpc) is 3.16. The van der Waals surface area contributed by atoms with Crippen LogP contribution in [-0.4, -0.2) is 26.0 Å². The van der Waals surface area contributed by atoms with E-state index in [1.807, 2.05) is 28.9 Å². The number of hydrogen-bond donors (Lipinski definition) is 2. The molecular weight excluding hydrogens is 401 g/mol. The van der Waals surface area contributed by atoms with Gasteiger partial charge in [-0.15, -0.1) is 10.2 Å². The van der Waals surface area contributed by atoms with Crippen LogP contribution in [-0.2, 0) is 17.6 Å². The summed E-state index contributed by atoms with van der Waals surface area (Å²) >= 11 is 1.37. The summed E-state index contributed by atoms with van der Waals surface area (Å²) in [5, 5.41) is 11.7. The van der Waals surface area contributed by atoms with Gasteiger partial charge in [-0.25, -0.2) is 9.07 Å². The fourth-order valence-corrected chi connectivity index (χ4v) is 4.54. The minimum absolute atomic E-state index is 0.141. The summed E-state index contributed by atoms with van der Waals surface area (Å²) in [6.07, 6.45) is 2.65. The van der Waals surface area contributed by atoms with Crippen molar-refractivity contribution in [1.29, 1.82) is 0 Å². The number of benzene rings is 2. The minimum atomic E-state index is -0.493. The fourth-order valence-electron chi connectivity index (χ4n) is 3.44. The van der Waals surface area contributed by atoms with Crippen LogP contribution in [0.15, 0.2) is 53.7 Å². The van der Waals surface area contributed by atoms with E-state index in [-0.39, 0.29) is 17.8 Å². The Hall–Kier alpha value is -2.87. The molecule has 0 spiro atoms. The van der Waals surface area contributed by atoms with Gasteiger partial charge in [-0.1, -0.05) is 49.9 Å². The number of rotatable bonds is 6. The van der Waals surface area contributed by atoms with Crippen LogP contribution in [0.4, 0.5) is 10.1 Å². The van der Waals surface area contributed by atoms with Crippen molar-refractivity contribution in [3.8, 4) is 0 Å². The normalized spacial score (nSPS) is 17.8. The zero-order valence-corrected chi connectivity index (χ0v) is 17.7. The summed E-state index contributed by atoms with van der Waals surface area (Å²) in [5.41, 5.74) is 6.17. The van der Waals surface area contributed by atoms with Gasteiger partial charge in [0.25, 0.3) is 0 Å². The molecule has 8 heteroatoms. The summed E-state index contributed by atoms with van der Waals surface area (Å²) in [6, 6.07) is 13.7. The molecule has 1 aliphatic rings. The minimum Gasteiger partial charge on any atom is -0.325 e. The van der Waals surface area contributed by atoms with Gasteiger partial charge < -0.3 is 10.7 Å². The van der Waals surface area contributed by atoms with Crippen molar-refractivity contribution in [1.82, 2.24) is 14.9 Å². The largest absolute Gasteiger partial charge is 0.325 e. The number of halogens is 1. The van der Waals surface area contributed by atoms with Crippen LogP contribution in [0.25, 0.3) is 0 Å². The van der Waals surface area contributed by atoms with Crippen LogP contribution in [0.1, 0.15) is 43.3 Å². The molecule has 1 aliphatic heterocycles. The third kappa shape index (κ3) is 4.18. The van der Waals surface area contributed by atoms with E-state index in [4.69, 9.17) is 0 Å². The van der Waals surface area contributed by atoms with Crippen LogP contribution in [0, 0.1) is 5.82 Å². The third-order valence-electron chi connectivity index (χ3n) is 5.09.